The van der Waals surface area contributed by atoms with Crippen molar-refractivity contribution < 1.29 is 19.1 Å². The number of alkyl carbamates (subject to hydrolysis) is 1. The van der Waals surface area contributed by atoms with Gasteiger partial charge in [0.1, 0.15) is 5.60 Å². The number of benzene rings is 6. The highest BCUT2D eigenvalue weighted by molar-refractivity contribution is 6.36. The lowest BCUT2D eigenvalue weighted by molar-refractivity contribution is 0.0367. The number of carbonyl (C=O) groups is 3. The number of hydrogen-bond acceptors (Lipinski definition) is 7. The molecule has 6 aromatic carbocycles. The Hall–Kier alpha value is -6.35. The molecule has 0 saturated carbocycles. The number of piperidine rings is 2. The number of likely N-dealkylation sites (tertiary alicyclic amines) is 2. The number of halogens is 6. The fourth-order valence-electron chi connectivity index (χ4n) is 10.2. The molecule has 3 amide bonds. The van der Waals surface area contributed by atoms with Crippen LogP contribution in [0.5, 0.6) is 0 Å². The molecule has 408 valence electrons. The molecule has 79 heavy (non-hydrogen) atoms. The van der Waals surface area contributed by atoms with E-state index >= 15 is 0 Å². The highest BCUT2D eigenvalue weighted by atomic mass is 35.5. The van der Waals surface area contributed by atoms with Crippen molar-refractivity contribution in [1.29, 1.82) is 0 Å². The zero-order chi connectivity index (χ0) is 56.4. The van der Waals surface area contributed by atoms with Gasteiger partial charge < -0.3 is 25.6 Å². The number of nitrogens with zero attached hydrogens (tertiary/aromatic N) is 6. The maximum atomic E-state index is 14.1. The van der Waals surface area contributed by atoms with Crippen LogP contribution in [0.3, 0.4) is 0 Å². The molecule has 2 aromatic heterocycles. The Morgan fingerprint density at radius 1 is 0.532 bits per heavy atom. The summed E-state index contributed by atoms with van der Waals surface area (Å²) in [6, 6.07) is 45.1. The third-order valence-corrected chi connectivity index (χ3v) is 16.0. The maximum Gasteiger partial charge on any atom is 0.408 e. The number of nitrogens with one attached hydrogen (secondary N) is 1. The molecule has 0 bridgehead atoms. The van der Waals surface area contributed by atoms with E-state index < -0.39 is 22.8 Å². The summed E-state index contributed by atoms with van der Waals surface area (Å²) in [4.78, 5) is 44.3. The van der Waals surface area contributed by atoms with Crippen molar-refractivity contribution in [2.24, 2.45) is 5.73 Å². The van der Waals surface area contributed by atoms with Crippen LogP contribution < -0.4 is 11.1 Å². The largest absolute Gasteiger partial charge is 0.444 e. The van der Waals surface area contributed by atoms with Gasteiger partial charge in [-0.05, 0) is 132 Å². The van der Waals surface area contributed by atoms with E-state index in [1.807, 2.05) is 124 Å². The van der Waals surface area contributed by atoms with E-state index in [1.165, 1.54) is 0 Å². The molecule has 8 aromatic rings. The Bertz CT molecular complexity index is 3510. The van der Waals surface area contributed by atoms with Crippen molar-refractivity contribution in [3.8, 4) is 33.9 Å². The van der Waals surface area contributed by atoms with E-state index in [1.54, 1.807) is 62.8 Å². The number of rotatable bonds is 9. The number of carbonyl (C=O) groups excluding carboxylic acids is 3. The van der Waals surface area contributed by atoms with E-state index in [4.69, 9.17) is 90.3 Å². The minimum atomic E-state index is -0.680. The van der Waals surface area contributed by atoms with Crippen LogP contribution in [0.25, 0.3) is 33.9 Å². The molecular weight excluding hydrogens is 1120 g/mol. The summed E-state index contributed by atoms with van der Waals surface area (Å²) < 4.78 is 9.00. The maximum absolute atomic E-state index is 14.1. The molecule has 2 aliphatic rings. The summed E-state index contributed by atoms with van der Waals surface area (Å²) in [5, 5.41) is 15.8. The number of hydrogen-bond donors (Lipinski definition) is 2. The van der Waals surface area contributed by atoms with Gasteiger partial charge in [0.2, 0.25) is 0 Å². The Morgan fingerprint density at radius 2 is 0.911 bits per heavy atom. The van der Waals surface area contributed by atoms with Gasteiger partial charge in [-0.25, -0.2) is 14.2 Å². The summed E-state index contributed by atoms with van der Waals surface area (Å²) in [5.41, 5.74) is 13.7. The SMILES string of the molecule is Cc1c(C(=O)N2CCC(N)(c3ccccc3)CC2)nn(-c2ccc(Cl)cc2Cl)c1-c1ccc(Cl)cc1.Cc1c(C(=O)N2CCC(NC(=O)OC(C)(C)C)(c3ccccc3)CC2)nn(-c2ccc(Cl)cc2Cl)c1-c1ccc(Cl)cc1. The van der Waals surface area contributed by atoms with Crippen molar-refractivity contribution >= 4 is 87.5 Å². The molecule has 2 saturated heterocycles. The van der Waals surface area contributed by atoms with Crippen molar-refractivity contribution in [3.05, 3.63) is 209 Å². The van der Waals surface area contributed by atoms with Gasteiger partial charge in [-0.2, -0.15) is 10.2 Å². The van der Waals surface area contributed by atoms with Crippen LogP contribution in [0.1, 0.15) is 89.7 Å². The zero-order valence-corrected chi connectivity index (χ0v) is 48.7. The first-order chi connectivity index (χ1) is 37.6. The van der Waals surface area contributed by atoms with E-state index in [0.717, 1.165) is 39.2 Å². The fraction of sp³-hybridized carbons (Fsp3) is 0.262. The molecule has 10 rings (SSSR count). The van der Waals surface area contributed by atoms with E-state index in [0.29, 0.717) is 110 Å². The summed E-state index contributed by atoms with van der Waals surface area (Å²) in [7, 11) is 0. The Balaban J connectivity index is 0.000000195. The van der Waals surface area contributed by atoms with Crippen molar-refractivity contribution in [2.75, 3.05) is 26.2 Å². The second-order valence-corrected chi connectivity index (χ2v) is 23.4. The first kappa shape index (κ1) is 57.3. The molecular formula is C61H58Cl6N8O4. The Kier molecular flexibility index (Phi) is 17.3. The summed E-state index contributed by atoms with van der Waals surface area (Å²) in [6.45, 7) is 11.2. The highest BCUT2D eigenvalue weighted by Crippen LogP contribution is 2.39. The van der Waals surface area contributed by atoms with E-state index in [-0.39, 0.29) is 11.8 Å². The lowest BCUT2D eigenvalue weighted by Crippen LogP contribution is -2.55. The molecule has 0 spiro atoms. The number of amides is 3. The van der Waals surface area contributed by atoms with E-state index in [9.17, 15) is 14.4 Å². The van der Waals surface area contributed by atoms with Crippen LogP contribution in [0.4, 0.5) is 4.79 Å². The van der Waals surface area contributed by atoms with Gasteiger partial charge >= 0.3 is 6.09 Å². The van der Waals surface area contributed by atoms with Crippen LogP contribution in [-0.2, 0) is 15.8 Å². The predicted octanol–water partition coefficient (Wildman–Crippen LogP) is 15.4. The summed E-state index contributed by atoms with van der Waals surface area (Å²) >= 11 is 37.8. The van der Waals surface area contributed by atoms with Gasteiger partial charge in [-0.3, -0.25) is 9.59 Å². The predicted molar refractivity (Wildman–Crippen MR) is 318 cm³/mol. The monoisotopic (exact) mass is 1180 g/mol. The van der Waals surface area contributed by atoms with Gasteiger partial charge in [-0.1, -0.05) is 155 Å². The second kappa shape index (κ2) is 23.8. The molecule has 2 fully saturated rings. The van der Waals surface area contributed by atoms with Gasteiger partial charge in [-0.15, -0.1) is 0 Å². The van der Waals surface area contributed by atoms with Crippen molar-refractivity contribution in [2.45, 2.75) is 77.0 Å². The van der Waals surface area contributed by atoms with Crippen LogP contribution in [0.15, 0.2) is 146 Å². The smallest absolute Gasteiger partial charge is 0.408 e. The van der Waals surface area contributed by atoms with Crippen LogP contribution in [-0.4, -0.2) is 79.0 Å². The van der Waals surface area contributed by atoms with Crippen LogP contribution in [0.2, 0.25) is 30.1 Å². The lowest BCUT2D eigenvalue weighted by Gasteiger charge is -2.42. The second-order valence-electron chi connectivity index (χ2n) is 20.9. The molecule has 0 aliphatic carbocycles. The Labute approximate surface area is 490 Å². The molecule has 2 aliphatic heterocycles. The molecule has 12 nitrogen and oxygen atoms in total. The normalized spacial score (nSPS) is 15.0. The van der Waals surface area contributed by atoms with Gasteiger partial charge in [0.15, 0.2) is 11.4 Å². The number of aromatic nitrogens is 4. The van der Waals surface area contributed by atoms with Gasteiger partial charge in [0.05, 0.1) is 38.3 Å². The first-order valence-electron chi connectivity index (χ1n) is 25.8. The Morgan fingerprint density at radius 3 is 1.30 bits per heavy atom. The topological polar surface area (TPSA) is 141 Å². The number of nitrogens with two attached hydrogens (primary N) is 1. The van der Waals surface area contributed by atoms with Crippen molar-refractivity contribution in [1.82, 2.24) is 34.7 Å². The third kappa shape index (κ3) is 12.7. The average molecular weight is 1180 g/mol. The standard InChI is InChI=1S/C33H33Cl3N4O3.C28H25Cl3N4O/c1-21-28(38-40(27-15-14-25(35)20-26(27)36)29(21)22-10-12-24(34)13-11-22)30(41)39-18-16-33(17-19-39,23-8-6-5-7-9-23)37-31(42)43-32(2,3)4;1-18-25(27(36)34-15-13-28(32,14-16-34)20-5-3-2-4-6-20)33-35(24-12-11-22(30)17-23(24)31)26(18)19-7-9-21(29)10-8-19/h5-15,20H,16-19H2,1-4H3,(H,37,42);2-12,17H,13-16,32H2,1H3. The molecule has 0 unspecified atom stereocenters. The van der Waals surface area contributed by atoms with E-state index in [2.05, 4.69) is 17.4 Å². The van der Waals surface area contributed by atoms with Crippen LogP contribution >= 0.6 is 69.6 Å². The van der Waals surface area contributed by atoms with Gasteiger partial charge in [0, 0.05) is 74.1 Å². The van der Waals surface area contributed by atoms with Crippen LogP contribution in [0, 0.1) is 13.8 Å². The minimum Gasteiger partial charge on any atom is -0.444 e. The zero-order valence-electron chi connectivity index (χ0n) is 44.2. The van der Waals surface area contributed by atoms with Crippen molar-refractivity contribution in [3.63, 3.8) is 0 Å². The highest BCUT2D eigenvalue weighted by Gasteiger charge is 2.41. The fourth-order valence-corrected chi connectivity index (χ4v) is 11.5. The molecule has 3 N–H and O–H groups in total. The van der Waals surface area contributed by atoms with Gasteiger partial charge in [0.25, 0.3) is 11.8 Å². The molecule has 4 heterocycles. The third-order valence-electron chi connectivity index (χ3n) is 14.4. The minimum absolute atomic E-state index is 0.123. The quantitative estimate of drug-likeness (QED) is 0.147. The number of ether oxygens (including phenoxy) is 1. The molecule has 18 heteroatoms. The first-order valence-corrected chi connectivity index (χ1v) is 28.0. The average Bonchev–Trinajstić information content (AvgIpc) is 4.20. The summed E-state index contributed by atoms with van der Waals surface area (Å²) in [6.07, 6.45) is 1.88. The molecule has 0 radical (unpaired) electrons. The summed E-state index contributed by atoms with van der Waals surface area (Å²) in [5.74, 6) is -0.322. The molecule has 0 atom stereocenters. The lowest BCUT2D eigenvalue weighted by atomic mass is 9.81.